The summed E-state index contributed by atoms with van der Waals surface area (Å²) in [5.41, 5.74) is 5.31. The van der Waals surface area contributed by atoms with Crippen LogP contribution in [0.25, 0.3) is 0 Å². The standard InChI is InChI=1S/C12H17N3O3/c1-7-4-8(11(17)18)5-10(14-7)15-12(2,3)6-9(13)16/h4-5H,6H2,1-3H3,(H2,13,16)(H,14,15)(H,17,18). The van der Waals surface area contributed by atoms with Gasteiger partial charge in [0.2, 0.25) is 5.91 Å². The summed E-state index contributed by atoms with van der Waals surface area (Å²) in [6.45, 7) is 5.29. The van der Waals surface area contributed by atoms with Crippen LogP contribution in [0.15, 0.2) is 12.1 Å². The molecule has 98 valence electrons. The number of rotatable bonds is 5. The highest BCUT2D eigenvalue weighted by molar-refractivity contribution is 5.88. The van der Waals surface area contributed by atoms with Crippen LogP contribution in [0.1, 0.15) is 36.3 Å². The highest BCUT2D eigenvalue weighted by Crippen LogP contribution is 2.18. The molecule has 0 aliphatic heterocycles. The maximum Gasteiger partial charge on any atom is 0.335 e. The van der Waals surface area contributed by atoms with Gasteiger partial charge in [0.05, 0.1) is 5.56 Å². The van der Waals surface area contributed by atoms with Crippen LogP contribution < -0.4 is 11.1 Å². The lowest BCUT2D eigenvalue weighted by Crippen LogP contribution is -2.36. The van der Waals surface area contributed by atoms with Crippen molar-refractivity contribution < 1.29 is 14.7 Å². The number of hydrogen-bond acceptors (Lipinski definition) is 4. The summed E-state index contributed by atoms with van der Waals surface area (Å²) >= 11 is 0. The number of nitrogens with zero attached hydrogens (tertiary/aromatic N) is 1. The van der Waals surface area contributed by atoms with E-state index in [9.17, 15) is 9.59 Å². The minimum atomic E-state index is -1.02. The van der Waals surface area contributed by atoms with E-state index in [1.165, 1.54) is 12.1 Å². The molecule has 0 aliphatic rings. The van der Waals surface area contributed by atoms with Crippen molar-refractivity contribution in [1.82, 2.24) is 4.98 Å². The number of aromatic carboxylic acids is 1. The van der Waals surface area contributed by atoms with Gasteiger partial charge in [-0.05, 0) is 32.9 Å². The van der Waals surface area contributed by atoms with Crippen LogP contribution >= 0.6 is 0 Å². The number of nitrogens with one attached hydrogen (secondary N) is 1. The molecule has 0 aliphatic carbocycles. The minimum Gasteiger partial charge on any atom is -0.478 e. The fraction of sp³-hybridized carbons (Fsp3) is 0.417. The van der Waals surface area contributed by atoms with Gasteiger partial charge in [-0.25, -0.2) is 9.78 Å². The largest absolute Gasteiger partial charge is 0.478 e. The summed E-state index contributed by atoms with van der Waals surface area (Å²) in [6.07, 6.45) is 0.130. The van der Waals surface area contributed by atoms with Crippen molar-refractivity contribution in [2.24, 2.45) is 5.73 Å². The van der Waals surface area contributed by atoms with Gasteiger partial charge >= 0.3 is 5.97 Å². The Kier molecular flexibility index (Phi) is 3.90. The summed E-state index contributed by atoms with van der Waals surface area (Å²) < 4.78 is 0. The second-order valence-electron chi connectivity index (χ2n) is 4.84. The smallest absolute Gasteiger partial charge is 0.335 e. The number of carboxylic acids is 1. The third kappa shape index (κ3) is 4.04. The Morgan fingerprint density at radius 3 is 2.56 bits per heavy atom. The molecule has 0 atom stereocenters. The molecule has 1 aromatic heterocycles. The Hall–Kier alpha value is -2.11. The first kappa shape index (κ1) is 14.0. The van der Waals surface area contributed by atoms with E-state index in [-0.39, 0.29) is 12.0 Å². The molecule has 0 fully saturated rings. The average Bonchev–Trinajstić information content (AvgIpc) is 2.12. The van der Waals surface area contributed by atoms with Crippen LogP contribution in [-0.2, 0) is 4.79 Å². The lowest BCUT2D eigenvalue weighted by molar-refractivity contribution is -0.118. The Morgan fingerprint density at radius 2 is 2.06 bits per heavy atom. The highest BCUT2D eigenvalue weighted by Gasteiger charge is 2.21. The zero-order valence-corrected chi connectivity index (χ0v) is 10.7. The van der Waals surface area contributed by atoms with Crippen molar-refractivity contribution in [3.05, 3.63) is 23.4 Å². The molecule has 0 spiro atoms. The molecule has 0 saturated heterocycles. The first-order valence-electron chi connectivity index (χ1n) is 5.48. The fourth-order valence-corrected chi connectivity index (χ4v) is 1.68. The summed E-state index contributed by atoms with van der Waals surface area (Å²) in [5, 5.41) is 12.0. The first-order valence-corrected chi connectivity index (χ1v) is 5.48. The Morgan fingerprint density at radius 1 is 1.44 bits per heavy atom. The van der Waals surface area contributed by atoms with Gasteiger partial charge in [0.25, 0.3) is 0 Å². The van der Waals surface area contributed by atoms with Gasteiger partial charge in [-0.15, -0.1) is 0 Å². The highest BCUT2D eigenvalue weighted by atomic mass is 16.4. The van der Waals surface area contributed by atoms with Crippen LogP contribution in [-0.4, -0.2) is 27.5 Å². The number of anilines is 1. The molecule has 1 heterocycles. The number of pyridine rings is 1. The molecule has 1 rings (SSSR count). The van der Waals surface area contributed by atoms with E-state index in [1.54, 1.807) is 20.8 Å². The lowest BCUT2D eigenvalue weighted by atomic mass is 10.0. The van der Waals surface area contributed by atoms with Crippen LogP contribution in [0.3, 0.4) is 0 Å². The zero-order valence-electron chi connectivity index (χ0n) is 10.7. The number of primary amides is 1. The van der Waals surface area contributed by atoms with Gasteiger partial charge in [-0.1, -0.05) is 0 Å². The predicted octanol–water partition coefficient (Wildman–Crippen LogP) is 1.15. The van der Waals surface area contributed by atoms with Gasteiger partial charge in [-0.3, -0.25) is 4.79 Å². The van der Waals surface area contributed by atoms with Gasteiger partial charge in [0.1, 0.15) is 5.82 Å². The number of aromatic nitrogens is 1. The normalized spacial score (nSPS) is 11.1. The van der Waals surface area contributed by atoms with Crippen LogP contribution in [0.2, 0.25) is 0 Å². The van der Waals surface area contributed by atoms with Crippen molar-refractivity contribution >= 4 is 17.7 Å². The molecule has 0 radical (unpaired) electrons. The second-order valence-corrected chi connectivity index (χ2v) is 4.84. The summed E-state index contributed by atoms with van der Waals surface area (Å²) in [4.78, 5) is 26.0. The first-order chi connectivity index (χ1) is 8.19. The summed E-state index contributed by atoms with van der Waals surface area (Å²) in [5.74, 6) is -1.03. The van der Waals surface area contributed by atoms with Crippen molar-refractivity contribution in [2.75, 3.05) is 5.32 Å². The van der Waals surface area contributed by atoms with Crippen molar-refractivity contribution in [1.29, 1.82) is 0 Å². The number of hydrogen-bond donors (Lipinski definition) is 3. The molecule has 1 amide bonds. The molecule has 6 heteroatoms. The maximum absolute atomic E-state index is 10.9. The Labute approximate surface area is 105 Å². The SMILES string of the molecule is Cc1cc(C(=O)O)cc(NC(C)(C)CC(N)=O)n1. The fourth-order valence-electron chi connectivity index (χ4n) is 1.68. The monoisotopic (exact) mass is 251 g/mol. The average molecular weight is 251 g/mol. The van der Waals surface area contributed by atoms with Gasteiger partial charge in [0.15, 0.2) is 0 Å². The molecule has 0 aromatic carbocycles. The van der Waals surface area contributed by atoms with E-state index in [0.29, 0.717) is 11.5 Å². The third-order valence-electron chi connectivity index (χ3n) is 2.28. The quantitative estimate of drug-likeness (QED) is 0.728. The molecule has 0 unspecified atom stereocenters. The molecule has 0 saturated carbocycles. The number of carbonyl (C=O) groups is 2. The molecule has 1 aromatic rings. The van der Waals surface area contributed by atoms with E-state index in [1.807, 2.05) is 0 Å². The zero-order chi connectivity index (χ0) is 13.9. The third-order valence-corrected chi connectivity index (χ3v) is 2.28. The number of nitrogens with two attached hydrogens (primary N) is 1. The van der Waals surface area contributed by atoms with Gasteiger partial charge in [0, 0.05) is 17.7 Å². The van der Waals surface area contributed by atoms with E-state index >= 15 is 0 Å². The van der Waals surface area contributed by atoms with Crippen molar-refractivity contribution in [2.45, 2.75) is 32.7 Å². The van der Waals surface area contributed by atoms with Crippen molar-refractivity contribution in [3.8, 4) is 0 Å². The van der Waals surface area contributed by atoms with E-state index in [4.69, 9.17) is 10.8 Å². The molecule has 4 N–H and O–H groups in total. The topological polar surface area (TPSA) is 105 Å². The number of carbonyl (C=O) groups excluding carboxylic acids is 1. The summed E-state index contributed by atoms with van der Waals surface area (Å²) in [7, 11) is 0. The van der Waals surface area contributed by atoms with E-state index in [2.05, 4.69) is 10.3 Å². The Bertz CT molecular complexity index is 483. The number of amides is 1. The predicted molar refractivity (Wildman–Crippen MR) is 67.4 cm³/mol. The number of aryl methyl sites for hydroxylation is 1. The van der Waals surface area contributed by atoms with Gasteiger partial charge < -0.3 is 16.2 Å². The van der Waals surface area contributed by atoms with Crippen LogP contribution in [0.4, 0.5) is 5.82 Å². The molecule has 18 heavy (non-hydrogen) atoms. The number of carboxylic acid groups (broad SMARTS) is 1. The molecular weight excluding hydrogens is 234 g/mol. The van der Waals surface area contributed by atoms with E-state index in [0.717, 1.165) is 0 Å². The lowest BCUT2D eigenvalue weighted by Gasteiger charge is -2.25. The molecular formula is C12H17N3O3. The van der Waals surface area contributed by atoms with E-state index < -0.39 is 17.4 Å². The second kappa shape index (κ2) is 5.03. The molecule has 0 bridgehead atoms. The van der Waals surface area contributed by atoms with Gasteiger partial charge in [-0.2, -0.15) is 0 Å². The minimum absolute atomic E-state index is 0.130. The maximum atomic E-state index is 10.9. The molecule has 6 nitrogen and oxygen atoms in total. The Balaban J connectivity index is 2.97. The van der Waals surface area contributed by atoms with Crippen LogP contribution in [0, 0.1) is 6.92 Å². The summed E-state index contributed by atoms with van der Waals surface area (Å²) in [6, 6.07) is 2.91. The van der Waals surface area contributed by atoms with Crippen molar-refractivity contribution in [3.63, 3.8) is 0 Å². The van der Waals surface area contributed by atoms with Crippen LogP contribution in [0.5, 0.6) is 0 Å².